The Kier molecular flexibility index (Phi) is 9.34. The molecule has 2 aliphatic heterocycles. The first-order chi connectivity index (χ1) is 21.5. The van der Waals surface area contributed by atoms with Crippen molar-refractivity contribution >= 4 is 24.7 Å². The van der Waals surface area contributed by atoms with Gasteiger partial charge in [0.15, 0.2) is 11.4 Å². The minimum absolute atomic E-state index is 0.183. The molecule has 2 heterocycles. The Bertz CT molecular complexity index is 1360. The maximum absolute atomic E-state index is 13.9. The molecule has 1 saturated carbocycles. The standard InChI is InChI=1S/C38H54O7Si/c1-26(2)23-37(25-42-36(8,9)45-37)38-29(24-35(38,6)7)31(33(40)44-38)32(39)30(41-10)21-22-43-46(34(3,4)5,27-17-13-11-14-18-27)28-19-15-12-16-20-28/h11-20,29-32,39H,1,21-25H2,2-10H3/t29-,30-,31+,32+,37+,38+/m0/s1. The van der Waals surface area contributed by atoms with Crippen LogP contribution in [0.4, 0.5) is 0 Å². The summed E-state index contributed by atoms with van der Waals surface area (Å²) in [6, 6.07) is 21.0. The van der Waals surface area contributed by atoms with Crippen LogP contribution in [0.25, 0.3) is 0 Å². The van der Waals surface area contributed by atoms with Crippen molar-refractivity contribution in [3.05, 3.63) is 72.8 Å². The van der Waals surface area contributed by atoms with E-state index in [0.29, 0.717) is 25.9 Å². The number of rotatable bonds is 12. The van der Waals surface area contributed by atoms with E-state index in [0.717, 1.165) is 5.57 Å². The van der Waals surface area contributed by atoms with Crippen LogP contribution >= 0.6 is 0 Å². The molecule has 1 N–H and O–H groups in total. The second-order valence-corrected chi connectivity index (χ2v) is 20.2. The number of carbonyl (C=O) groups is 1. The van der Waals surface area contributed by atoms with Gasteiger partial charge >= 0.3 is 5.97 Å². The van der Waals surface area contributed by atoms with Crippen LogP contribution in [0.2, 0.25) is 5.04 Å². The maximum Gasteiger partial charge on any atom is 0.312 e. The first-order valence-corrected chi connectivity index (χ1v) is 18.5. The molecule has 0 unspecified atom stereocenters. The Hall–Kier alpha value is -2.33. The molecule has 6 atom stereocenters. The molecule has 1 aliphatic carbocycles. The fourth-order valence-electron chi connectivity index (χ4n) is 9.08. The zero-order chi connectivity index (χ0) is 33.8. The summed E-state index contributed by atoms with van der Waals surface area (Å²) in [5.41, 5.74) is -1.35. The summed E-state index contributed by atoms with van der Waals surface area (Å²) >= 11 is 0. The van der Waals surface area contributed by atoms with Crippen LogP contribution in [0, 0.1) is 17.3 Å². The summed E-state index contributed by atoms with van der Waals surface area (Å²) in [4.78, 5) is 13.9. The molecule has 46 heavy (non-hydrogen) atoms. The van der Waals surface area contributed by atoms with Gasteiger partial charge in [-0.05, 0) is 49.0 Å². The highest BCUT2D eigenvalue weighted by molar-refractivity contribution is 6.99. The van der Waals surface area contributed by atoms with Crippen molar-refractivity contribution in [3.63, 3.8) is 0 Å². The lowest BCUT2D eigenvalue weighted by atomic mass is 9.44. The summed E-state index contributed by atoms with van der Waals surface area (Å²) in [6.07, 6.45) is -0.104. The monoisotopic (exact) mass is 650 g/mol. The summed E-state index contributed by atoms with van der Waals surface area (Å²) < 4.78 is 32.3. The molecule has 252 valence electrons. The summed E-state index contributed by atoms with van der Waals surface area (Å²) in [6.45, 7) is 21.5. The van der Waals surface area contributed by atoms with E-state index in [4.69, 9.17) is 23.4 Å². The van der Waals surface area contributed by atoms with Gasteiger partial charge in [0.25, 0.3) is 8.32 Å². The molecule has 2 aromatic rings. The molecule has 0 radical (unpaired) electrons. The molecule has 5 rings (SSSR count). The number of fused-ring (bicyclic) bond motifs is 1. The molecular weight excluding hydrogens is 596 g/mol. The third-order valence-electron chi connectivity index (χ3n) is 10.8. The van der Waals surface area contributed by atoms with Crippen molar-refractivity contribution in [2.75, 3.05) is 20.3 Å². The van der Waals surface area contributed by atoms with Crippen molar-refractivity contribution in [2.24, 2.45) is 17.3 Å². The summed E-state index contributed by atoms with van der Waals surface area (Å²) in [5.74, 6) is -2.28. The fraction of sp³-hybridized carbons (Fsp3) is 0.605. The third-order valence-corrected chi connectivity index (χ3v) is 15.8. The minimum Gasteiger partial charge on any atom is -0.455 e. The molecule has 0 aromatic heterocycles. The van der Waals surface area contributed by atoms with Crippen LogP contribution < -0.4 is 10.4 Å². The van der Waals surface area contributed by atoms with Crippen molar-refractivity contribution < 1.29 is 33.3 Å². The fourth-order valence-corrected chi connectivity index (χ4v) is 13.7. The number of aliphatic hydroxyl groups excluding tert-OH is 1. The second kappa shape index (κ2) is 12.3. The zero-order valence-corrected chi connectivity index (χ0v) is 30.2. The van der Waals surface area contributed by atoms with Gasteiger partial charge in [0.2, 0.25) is 0 Å². The van der Waals surface area contributed by atoms with Crippen LogP contribution in [-0.2, 0) is 28.2 Å². The van der Waals surface area contributed by atoms with Gasteiger partial charge in [-0.3, -0.25) is 4.79 Å². The number of aliphatic hydroxyl groups is 1. The molecule has 0 spiro atoms. The molecule has 3 fully saturated rings. The molecule has 2 aromatic carbocycles. The van der Waals surface area contributed by atoms with Gasteiger partial charge in [0, 0.05) is 31.5 Å². The Morgan fingerprint density at radius 3 is 2.04 bits per heavy atom. The lowest BCUT2D eigenvalue weighted by Crippen LogP contribution is -2.74. The molecule has 7 nitrogen and oxygen atoms in total. The minimum atomic E-state index is -2.78. The number of carbonyl (C=O) groups excluding carboxylic acids is 1. The Morgan fingerprint density at radius 2 is 1.61 bits per heavy atom. The average molecular weight is 651 g/mol. The van der Waals surface area contributed by atoms with E-state index >= 15 is 0 Å². The van der Waals surface area contributed by atoms with Gasteiger partial charge in [0.1, 0.15) is 5.60 Å². The Morgan fingerprint density at radius 1 is 1.04 bits per heavy atom. The van der Waals surface area contributed by atoms with Gasteiger partial charge in [-0.2, -0.15) is 0 Å². The van der Waals surface area contributed by atoms with Crippen LogP contribution in [0.15, 0.2) is 72.8 Å². The van der Waals surface area contributed by atoms with E-state index in [9.17, 15) is 9.90 Å². The van der Waals surface area contributed by atoms with E-state index in [2.05, 4.69) is 89.7 Å². The van der Waals surface area contributed by atoms with E-state index in [-0.39, 0.29) is 17.6 Å². The van der Waals surface area contributed by atoms with Crippen LogP contribution in [-0.4, -0.2) is 68.9 Å². The first-order valence-electron chi connectivity index (χ1n) is 16.6. The largest absolute Gasteiger partial charge is 0.455 e. The van der Waals surface area contributed by atoms with Crippen molar-refractivity contribution in [1.29, 1.82) is 0 Å². The van der Waals surface area contributed by atoms with Gasteiger partial charge in [-0.1, -0.05) is 101 Å². The summed E-state index contributed by atoms with van der Waals surface area (Å²) in [7, 11) is -1.19. The lowest BCUT2D eigenvalue weighted by Gasteiger charge is -2.64. The highest BCUT2D eigenvalue weighted by Gasteiger charge is 2.81. The number of benzene rings is 2. The predicted octanol–water partition coefficient (Wildman–Crippen LogP) is 5.77. The van der Waals surface area contributed by atoms with Gasteiger partial charge < -0.3 is 28.5 Å². The van der Waals surface area contributed by atoms with E-state index < -0.39 is 54.8 Å². The average Bonchev–Trinajstić information content (AvgIpc) is 3.43. The molecule has 0 amide bonds. The van der Waals surface area contributed by atoms with Gasteiger partial charge in [-0.25, -0.2) is 0 Å². The van der Waals surface area contributed by atoms with E-state index in [1.54, 1.807) is 7.11 Å². The predicted molar refractivity (Wildman–Crippen MR) is 182 cm³/mol. The Balaban J connectivity index is 1.42. The van der Waals surface area contributed by atoms with Crippen molar-refractivity contribution in [3.8, 4) is 0 Å². The molecule has 0 bridgehead atoms. The molecule has 3 aliphatic rings. The highest BCUT2D eigenvalue weighted by Crippen LogP contribution is 2.70. The zero-order valence-electron chi connectivity index (χ0n) is 29.2. The van der Waals surface area contributed by atoms with Gasteiger partial charge in [0.05, 0.1) is 24.7 Å². The molecule has 2 saturated heterocycles. The van der Waals surface area contributed by atoms with Gasteiger partial charge in [-0.15, -0.1) is 6.58 Å². The van der Waals surface area contributed by atoms with Crippen LogP contribution in [0.5, 0.6) is 0 Å². The number of hydrogen-bond acceptors (Lipinski definition) is 7. The summed E-state index contributed by atoms with van der Waals surface area (Å²) in [5, 5.41) is 14.2. The molecular formula is C38H54O7Si. The number of esters is 1. The highest BCUT2D eigenvalue weighted by atomic mass is 28.4. The molecule has 8 heteroatoms. The van der Waals surface area contributed by atoms with Crippen molar-refractivity contribution in [2.45, 2.75) is 109 Å². The normalized spacial score (nSPS) is 29.8. The van der Waals surface area contributed by atoms with Crippen molar-refractivity contribution in [1.82, 2.24) is 0 Å². The number of hydrogen-bond donors (Lipinski definition) is 1. The second-order valence-electron chi connectivity index (χ2n) is 15.9. The van der Waals surface area contributed by atoms with Crippen LogP contribution in [0.3, 0.4) is 0 Å². The smallest absolute Gasteiger partial charge is 0.312 e. The third kappa shape index (κ3) is 5.53. The topological polar surface area (TPSA) is 83.5 Å². The number of methoxy groups -OCH3 is 1. The van der Waals surface area contributed by atoms with Crippen LogP contribution in [0.1, 0.15) is 74.7 Å². The quantitative estimate of drug-likeness (QED) is 0.177. The van der Waals surface area contributed by atoms with E-state index in [1.165, 1.54) is 10.4 Å². The van der Waals surface area contributed by atoms with E-state index in [1.807, 2.05) is 32.9 Å². The first kappa shape index (κ1) is 35.0. The maximum atomic E-state index is 13.9. The lowest BCUT2D eigenvalue weighted by molar-refractivity contribution is -0.297. The number of ether oxygens (including phenoxy) is 4. The SMILES string of the molecule is C=C(C)C[C@]1([C@@]23OC(=O)[C@@H]([C@H](O)[C@H](CCO[Si](c4ccccc4)(c4ccccc4)C(C)(C)C)OC)[C@@H]2CC3(C)C)COC(C)(C)O1. The Labute approximate surface area is 276 Å².